The third-order valence-corrected chi connectivity index (χ3v) is 3.85. The zero-order valence-electron chi connectivity index (χ0n) is 12.9. The summed E-state index contributed by atoms with van der Waals surface area (Å²) >= 11 is 0. The summed E-state index contributed by atoms with van der Waals surface area (Å²) in [6.45, 7) is 9.33. The van der Waals surface area contributed by atoms with E-state index >= 15 is 0 Å². The van der Waals surface area contributed by atoms with Crippen LogP contribution in [0.1, 0.15) is 39.7 Å². The molecule has 0 aliphatic rings. The van der Waals surface area contributed by atoms with Crippen LogP contribution in [0, 0.1) is 5.92 Å². The standard InChI is InChI=1S/C16H27NO3/c1-5-12(3)16(4,19)11-17-10-13-8-7-9-14(15(13)18)20-6-2/h7-9,12,17-19H,5-6,10-11H2,1-4H3. The van der Waals surface area contributed by atoms with E-state index in [0.29, 0.717) is 25.4 Å². The van der Waals surface area contributed by atoms with Crippen LogP contribution in [0.25, 0.3) is 0 Å². The Hall–Kier alpha value is -1.26. The number of aromatic hydroxyl groups is 1. The van der Waals surface area contributed by atoms with Crippen molar-refractivity contribution in [3.8, 4) is 11.5 Å². The van der Waals surface area contributed by atoms with Gasteiger partial charge in [0.2, 0.25) is 0 Å². The van der Waals surface area contributed by atoms with Crippen LogP contribution in [-0.4, -0.2) is 29.0 Å². The monoisotopic (exact) mass is 281 g/mol. The Morgan fingerprint density at radius 2 is 2.05 bits per heavy atom. The minimum absolute atomic E-state index is 0.171. The van der Waals surface area contributed by atoms with Crippen LogP contribution in [0.2, 0.25) is 0 Å². The molecule has 1 aromatic rings. The molecule has 3 N–H and O–H groups in total. The molecule has 4 heteroatoms. The number of nitrogens with one attached hydrogen (secondary N) is 1. The largest absolute Gasteiger partial charge is 0.504 e. The van der Waals surface area contributed by atoms with Crippen molar-refractivity contribution in [2.75, 3.05) is 13.2 Å². The first kappa shape index (κ1) is 16.8. The Morgan fingerprint density at radius 1 is 1.35 bits per heavy atom. The van der Waals surface area contributed by atoms with E-state index in [0.717, 1.165) is 12.0 Å². The zero-order chi connectivity index (χ0) is 15.2. The Labute approximate surface area is 121 Å². The maximum absolute atomic E-state index is 10.3. The Morgan fingerprint density at radius 3 is 2.65 bits per heavy atom. The maximum Gasteiger partial charge on any atom is 0.162 e. The van der Waals surface area contributed by atoms with Crippen molar-refractivity contribution >= 4 is 0 Å². The van der Waals surface area contributed by atoms with Crippen LogP contribution in [0.15, 0.2) is 18.2 Å². The predicted molar refractivity (Wildman–Crippen MR) is 81.1 cm³/mol. The molecule has 0 saturated heterocycles. The van der Waals surface area contributed by atoms with Gasteiger partial charge in [0, 0.05) is 18.7 Å². The fourth-order valence-corrected chi connectivity index (χ4v) is 2.05. The molecule has 0 fully saturated rings. The summed E-state index contributed by atoms with van der Waals surface area (Å²) < 4.78 is 5.35. The van der Waals surface area contributed by atoms with Gasteiger partial charge in [-0.15, -0.1) is 0 Å². The normalized spacial score (nSPS) is 15.7. The molecule has 0 saturated carbocycles. The van der Waals surface area contributed by atoms with E-state index < -0.39 is 5.60 Å². The molecule has 2 unspecified atom stereocenters. The second-order valence-electron chi connectivity index (χ2n) is 5.47. The number of phenols is 1. The summed E-state index contributed by atoms with van der Waals surface area (Å²) in [5.41, 5.74) is 0.0259. The highest BCUT2D eigenvalue weighted by Crippen LogP contribution is 2.29. The van der Waals surface area contributed by atoms with Gasteiger partial charge < -0.3 is 20.3 Å². The van der Waals surface area contributed by atoms with Crippen molar-refractivity contribution in [1.29, 1.82) is 0 Å². The molecule has 0 bridgehead atoms. The molecule has 0 heterocycles. The van der Waals surface area contributed by atoms with Crippen molar-refractivity contribution in [3.05, 3.63) is 23.8 Å². The average Bonchev–Trinajstić information content (AvgIpc) is 2.42. The highest BCUT2D eigenvalue weighted by molar-refractivity contribution is 5.45. The number of hydrogen-bond donors (Lipinski definition) is 3. The minimum Gasteiger partial charge on any atom is -0.504 e. The van der Waals surface area contributed by atoms with Crippen molar-refractivity contribution in [2.45, 2.75) is 46.3 Å². The van der Waals surface area contributed by atoms with E-state index in [-0.39, 0.29) is 11.7 Å². The number of benzene rings is 1. The zero-order valence-corrected chi connectivity index (χ0v) is 12.9. The second-order valence-corrected chi connectivity index (χ2v) is 5.47. The van der Waals surface area contributed by atoms with Crippen LogP contribution in [0.4, 0.5) is 0 Å². The molecule has 2 atom stereocenters. The molecular formula is C16H27NO3. The van der Waals surface area contributed by atoms with E-state index in [1.807, 2.05) is 32.9 Å². The van der Waals surface area contributed by atoms with E-state index in [2.05, 4.69) is 12.2 Å². The fourth-order valence-electron chi connectivity index (χ4n) is 2.05. The number of rotatable bonds is 8. The lowest BCUT2D eigenvalue weighted by atomic mass is 9.88. The molecule has 0 spiro atoms. The second kappa shape index (κ2) is 7.50. The summed E-state index contributed by atoms with van der Waals surface area (Å²) in [5.74, 6) is 0.892. The summed E-state index contributed by atoms with van der Waals surface area (Å²) in [6.07, 6.45) is 0.930. The van der Waals surface area contributed by atoms with Crippen molar-refractivity contribution in [2.24, 2.45) is 5.92 Å². The van der Waals surface area contributed by atoms with Gasteiger partial charge in [-0.2, -0.15) is 0 Å². The first-order chi connectivity index (χ1) is 9.42. The Kier molecular flexibility index (Phi) is 6.30. The molecule has 0 radical (unpaired) electrons. The molecule has 114 valence electrons. The van der Waals surface area contributed by atoms with Crippen molar-refractivity contribution in [1.82, 2.24) is 5.32 Å². The van der Waals surface area contributed by atoms with Gasteiger partial charge in [0.05, 0.1) is 12.2 Å². The molecule has 20 heavy (non-hydrogen) atoms. The maximum atomic E-state index is 10.3. The highest BCUT2D eigenvalue weighted by atomic mass is 16.5. The number of aliphatic hydroxyl groups is 1. The first-order valence-corrected chi connectivity index (χ1v) is 7.29. The van der Waals surface area contributed by atoms with Gasteiger partial charge >= 0.3 is 0 Å². The summed E-state index contributed by atoms with van der Waals surface area (Å²) in [4.78, 5) is 0. The smallest absolute Gasteiger partial charge is 0.162 e. The lowest BCUT2D eigenvalue weighted by molar-refractivity contribution is 0.00530. The van der Waals surface area contributed by atoms with Crippen LogP contribution in [0.5, 0.6) is 11.5 Å². The Balaban J connectivity index is 2.60. The molecule has 4 nitrogen and oxygen atoms in total. The van der Waals surface area contributed by atoms with Crippen LogP contribution < -0.4 is 10.1 Å². The minimum atomic E-state index is -0.748. The molecule has 0 aromatic heterocycles. The van der Waals surface area contributed by atoms with E-state index in [1.165, 1.54) is 0 Å². The lowest BCUT2D eigenvalue weighted by Crippen LogP contribution is -2.42. The van der Waals surface area contributed by atoms with E-state index in [1.54, 1.807) is 6.07 Å². The Bertz CT molecular complexity index is 418. The van der Waals surface area contributed by atoms with Gasteiger partial charge in [0.15, 0.2) is 11.5 Å². The van der Waals surface area contributed by atoms with Gasteiger partial charge in [0.25, 0.3) is 0 Å². The first-order valence-electron chi connectivity index (χ1n) is 7.29. The molecular weight excluding hydrogens is 254 g/mol. The van der Waals surface area contributed by atoms with Gasteiger partial charge in [-0.05, 0) is 25.8 Å². The van der Waals surface area contributed by atoms with Crippen molar-refractivity contribution in [3.63, 3.8) is 0 Å². The third-order valence-electron chi connectivity index (χ3n) is 3.85. The quantitative estimate of drug-likeness (QED) is 0.685. The average molecular weight is 281 g/mol. The number of ether oxygens (including phenoxy) is 1. The molecule has 0 aliphatic heterocycles. The number of para-hydroxylation sites is 1. The molecule has 1 aromatic carbocycles. The molecule has 0 amide bonds. The summed E-state index contributed by atoms with van der Waals surface area (Å²) in [7, 11) is 0. The summed E-state index contributed by atoms with van der Waals surface area (Å²) in [5, 5.41) is 23.6. The highest BCUT2D eigenvalue weighted by Gasteiger charge is 2.26. The third kappa shape index (κ3) is 4.39. The predicted octanol–water partition coefficient (Wildman–Crippen LogP) is 2.68. The summed E-state index contributed by atoms with van der Waals surface area (Å²) in [6, 6.07) is 5.45. The van der Waals surface area contributed by atoms with Gasteiger partial charge in [-0.1, -0.05) is 32.4 Å². The van der Waals surface area contributed by atoms with Gasteiger partial charge in [-0.3, -0.25) is 0 Å². The number of hydrogen-bond acceptors (Lipinski definition) is 4. The lowest BCUT2D eigenvalue weighted by Gasteiger charge is -2.30. The van der Waals surface area contributed by atoms with Crippen LogP contribution >= 0.6 is 0 Å². The van der Waals surface area contributed by atoms with E-state index in [4.69, 9.17) is 4.74 Å². The van der Waals surface area contributed by atoms with Gasteiger partial charge in [-0.25, -0.2) is 0 Å². The van der Waals surface area contributed by atoms with Crippen LogP contribution in [0.3, 0.4) is 0 Å². The fraction of sp³-hybridized carbons (Fsp3) is 0.625. The topological polar surface area (TPSA) is 61.7 Å². The number of phenolic OH excluding ortho intramolecular Hbond substituents is 1. The molecule has 1 rings (SSSR count). The van der Waals surface area contributed by atoms with E-state index in [9.17, 15) is 10.2 Å². The molecule has 0 aliphatic carbocycles. The van der Waals surface area contributed by atoms with Gasteiger partial charge in [0.1, 0.15) is 0 Å². The van der Waals surface area contributed by atoms with Crippen LogP contribution in [-0.2, 0) is 6.54 Å². The SMILES string of the molecule is CCOc1cccc(CNCC(C)(O)C(C)CC)c1O. The van der Waals surface area contributed by atoms with Crippen molar-refractivity contribution < 1.29 is 14.9 Å².